The topological polar surface area (TPSA) is 49.4 Å². The van der Waals surface area contributed by atoms with E-state index in [2.05, 4.69) is 12.2 Å². The van der Waals surface area contributed by atoms with Crippen molar-refractivity contribution in [3.63, 3.8) is 0 Å². The van der Waals surface area contributed by atoms with Gasteiger partial charge >= 0.3 is 0 Å². The molecule has 0 bridgehead atoms. The van der Waals surface area contributed by atoms with Crippen molar-refractivity contribution in [3.8, 4) is 0 Å². The average Bonchev–Trinajstić information content (AvgIpc) is 2.50. The van der Waals surface area contributed by atoms with Gasteiger partial charge in [-0.05, 0) is 44.7 Å². The molecule has 1 atom stereocenters. The zero-order valence-corrected chi connectivity index (χ0v) is 13.7. The van der Waals surface area contributed by atoms with E-state index >= 15 is 0 Å². The number of hydrogen-bond acceptors (Lipinski definition) is 2. The molecule has 0 spiro atoms. The molecular weight excluding hydrogens is 302 g/mol. The van der Waals surface area contributed by atoms with Crippen LogP contribution in [0.1, 0.15) is 33.6 Å². The van der Waals surface area contributed by atoms with Gasteiger partial charge < -0.3 is 10.2 Å². The van der Waals surface area contributed by atoms with Gasteiger partial charge in [-0.3, -0.25) is 9.59 Å². The Labute approximate surface area is 134 Å². The maximum absolute atomic E-state index is 13.2. The summed E-state index contributed by atoms with van der Waals surface area (Å²) in [7, 11) is 0. The lowest BCUT2D eigenvalue weighted by Gasteiger charge is -2.36. The summed E-state index contributed by atoms with van der Waals surface area (Å²) in [5.74, 6) is -2.40. The highest BCUT2D eigenvalue weighted by Crippen LogP contribution is 2.26. The minimum absolute atomic E-state index is 0.127. The van der Waals surface area contributed by atoms with Gasteiger partial charge in [0.15, 0.2) is 11.6 Å². The fourth-order valence-corrected chi connectivity index (χ4v) is 2.73. The summed E-state index contributed by atoms with van der Waals surface area (Å²) in [5, 5.41) is 2.49. The predicted molar refractivity (Wildman–Crippen MR) is 83.7 cm³/mol. The molecule has 1 aromatic rings. The van der Waals surface area contributed by atoms with Crippen molar-refractivity contribution in [1.82, 2.24) is 4.90 Å². The molecule has 0 aliphatic carbocycles. The summed E-state index contributed by atoms with van der Waals surface area (Å²) in [6, 6.07) is 3.10. The molecule has 6 heteroatoms. The molecule has 1 N–H and O–H groups in total. The number of anilines is 1. The Bertz CT molecular complexity index is 617. The Balaban J connectivity index is 2.09. The number of halogens is 2. The van der Waals surface area contributed by atoms with Crippen LogP contribution < -0.4 is 5.32 Å². The highest BCUT2D eigenvalue weighted by atomic mass is 19.2. The quantitative estimate of drug-likeness (QED) is 0.868. The lowest BCUT2D eigenvalue weighted by molar-refractivity contribution is -0.147. The maximum Gasteiger partial charge on any atom is 0.239 e. The molecule has 0 aromatic heterocycles. The molecule has 0 radical (unpaired) electrons. The molecule has 1 heterocycles. The summed E-state index contributed by atoms with van der Waals surface area (Å²) in [6.07, 6.45) is 2.00. The third-order valence-corrected chi connectivity index (χ3v) is 4.22. The Morgan fingerprint density at radius 2 is 1.96 bits per heavy atom. The number of likely N-dealkylation sites (tertiary alicyclic amines) is 1. The van der Waals surface area contributed by atoms with Crippen molar-refractivity contribution >= 4 is 17.5 Å². The first-order valence-electron chi connectivity index (χ1n) is 7.77. The number of carbonyl (C=O) groups excluding carboxylic acids is 2. The molecule has 1 aliphatic heterocycles. The second-order valence-corrected chi connectivity index (χ2v) is 6.71. The lowest BCUT2D eigenvalue weighted by atomic mass is 9.88. The van der Waals surface area contributed by atoms with E-state index in [0.29, 0.717) is 19.0 Å². The minimum atomic E-state index is -1.28. The van der Waals surface area contributed by atoms with Gasteiger partial charge in [0.1, 0.15) is 5.41 Å². The van der Waals surface area contributed by atoms with E-state index < -0.39 is 23.0 Å². The molecule has 4 nitrogen and oxygen atoms in total. The Kier molecular flexibility index (Phi) is 5.02. The number of nitrogens with zero attached hydrogens (tertiary/aromatic N) is 1. The number of amides is 2. The van der Waals surface area contributed by atoms with Crippen LogP contribution in [0.25, 0.3) is 0 Å². The number of benzene rings is 1. The number of piperidine rings is 1. The zero-order chi connectivity index (χ0) is 17.2. The normalized spacial score (nSPS) is 18.7. The molecule has 1 unspecified atom stereocenters. The fourth-order valence-electron chi connectivity index (χ4n) is 2.73. The van der Waals surface area contributed by atoms with Crippen LogP contribution in [-0.4, -0.2) is 29.8 Å². The molecule has 126 valence electrons. The minimum Gasteiger partial charge on any atom is -0.342 e. The van der Waals surface area contributed by atoms with Gasteiger partial charge in [-0.2, -0.15) is 0 Å². The Hall–Kier alpha value is -1.98. The van der Waals surface area contributed by atoms with Crippen LogP contribution in [-0.2, 0) is 9.59 Å². The van der Waals surface area contributed by atoms with E-state index in [1.165, 1.54) is 6.07 Å². The van der Waals surface area contributed by atoms with Gasteiger partial charge in [0.05, 0.1) is 0 Å². The standard InChI is InChI=1S/C17H22F2N2O2/c1-11-5-4-8-21(10-11)16(23)17(2,3)15(22)20-12-6-7-13(18)14(19)9-12/h6-7,9,11H,4-5,8,10H2,1-3H3,(H,20,22). The highest BCUT2D eigenvalue weighted by Gasteiger charge is 2.40. The van der Waals surface area contributed by atoms with Crippen LogP contribution in [0.4, 0.5) is 14.5 Å². The highest BCUT2D eigenvalue weighted by molar-refractivity contribution is 6.09. The maximum atomic E-state index is 13.2. The van der Waals surface area contributed by atoms with Crippen molar-refractivity contribution in [2.75, 3.05) is 18.4 Å². The van der Waals surface area contributed by atoms with Crippen LogP contribution in [0.3, 0.4) is 0 Å². The zero-order valence-electron chi connectivity index (χ0n) is 13.7. The van der Waals surface area contributed by atoms with E-state index in [0.717, 1.165) is 25.0 Å². The molecule has 1 aromatic carbocycles. The van der Waals surface area contributed by atoms with Gasteiger partial charge in [-0.1, -0.05) is 6.92 Å². The summed E-state index contributed by atoms with van der Waals surface area (Å²) in [4.78, 5) is 26.8. The van der Waals surface area contributed by atoms with E-state index in [9.17, 15) is 18.4 Å². The van der Waals surface area contributed by atoms with Crippen molar-refractivity contribution in [1.29, 1.82) is 0 Å². The van der Waals surface area contributed by atoms with Crippen LogP contribution >= 0.6 is 0 Å². The van der Waals surface area contributed by atoms with Gasteiger partial charge in [0.2, 0.25) is 11.8 Å². The molecular formula is C17H22F2N2O2. The van der Waals surface area contributed by atoms with Gasteiger partial charge in [-0.25, -0.2) is 8.78 Å². The largest absolute Gasteiger partial charge is 0.342 e. The smallest absolute Gasteiger partial charge is 0.239 e. The monoisotopic (exact) mass is 324 g/mol. The van der Waals surface area contributed by atoms with Crippen molar-refractivity contribution in [2.45, 2.75) is 33.6 Å². The van der Waals surface area contributed by atoms with Crippen LogP contribution in [0, 0.1) is 23.0 Å². The second-order valence-electron chi connectivity index (χ2n) is 6.71. The Morgan fingerprint density at radius 3 is 2.57 bits per heavy atom. The first-order chi connectivity index (χ1) is 10.7. The molecule has 1 fully saturated rings. The summed E-state index contributed by atoms with van der Waals surface area (Å²) in [5.41, 5.74) is -1.15. The van der Waals surface area contributed by atoms with Crippen molar-refractivity contribution in [2.24, 2.45) is 11.3 Å². The third kappa shape index (κ3) is 3.86. The first-order valence-corrected chi connectivity index (χ1v) is 7.77. The van der Waals surface area contributed by atoms with Crippen LogP contribution in [0.2, 0.25) is 0 Å². The number of rotatable bonds is 3. The predicted octanol–water partition coefficient (Wildman–Crippen LogP) is 3.19. The molecule has 1 aliphatic rings. The summed E-state index contributed by atoms with van der Waals surface area (Å²) >= 11 is 0. The fraction of sp³-hybridized carbons (Fsp3) is 0.529. The molecule has 1 saturated heterocycles. The molecule has 23 heavy (non-hydrogen) atoms. The number of nitrogens with one attached hydrogen (secondary N) is 1. The molecule has 2 amide bonds. The summed E-state index contributed by atoms with van der Waals surface area (Å²) < 4.78 is 26.1. The third-order valence-electron chi connectivity index (χ3n) is 4.22. The van der Waals surface area contributed by atoms with E-state index in [-0.39, 0.29) is 11.6 Å². The molecule has 0 saturated carbocycles. The SMILES string of the molecule is CC1CCCN(C(=O)C(C)(C)C(=O)Nc2ccc(F)c(F)c2)C1. The van der Waals surface area contributed by atoms with Gasteiger partial charge in [0, 0.05) is 24.8 Å². The van der Waals surface area contributed by atoms with Crippen LogP contribution in [0.5, 0.6) is 0 Å². The van der Waals surface area contributed by atoms with Crippen molar-refractivity contribution in [3.05, 3.63) is 29.8 Å². The number of carbonyl (C=O) groups is 2. The van der Waals surface area contributed by atoms with Gasteiger partial charge in [-0.15, -0.1) is 0 Å². The second kappa shape index (κ2) is 6.64. The Morgan fingerprint density at radius 1 is 1.26 bits per heavy atom. The lowest BCUT2D eigenvalue weighted by Crippen LogP contribution is -2.50. The first kappa shape index (κ1) is 17.4. The van der Waals surface area contributed by atoms with Gasteiger partial charge in [0.25, 0.3) is 0 Å². The average molecular weight is 324 g/mol. The van der Waals surface area contributed by atoms with E-state index in [4.69, 9.17) is 0 Å². The van der Waals surface area contributed by atoms with E-state index in [1.807, 2.05) is 0 Å². The number of hydrogen-bond donors (Lipinski definition) is 1. The van der Waals surface area contributed by atoms with Crippen molar-refractivity contribution < 1.29 is 18.4 Å². The molecule has 2 rings (SSSR count). The van der Waals surface area contributed by atoms with Crippen LogP contribution in [0.15, 0.2) is 18.2 Å². The summed E-state index contributed by atoms with van der Waals surface area (Å²) in [6.45, 7) is 6.45. The van der Waals surface area contributed by atoms with E-state index in [1.54, 1.807) is 18.7 Å².